The number of aromatic nitrogens is 2. The molecule has 0 bridgehead atoms. The quantitative estimate of drug-likeness (QED) is 0.897. The van der Waals surface area contributed by atoms with Gasteiger partial charge in [-0.25, -0.2) is 0 Å². The van der Waals surface area contributed by atoms with Crippen LogP contribution < -0.4 is 5.32 Å². The number of carbonyl (C=O) groups is 2. The monoisotopic (exact) mass is 354 g/mol. The molecule has 1 N–H and O–H groups in total. The smallest absolute Gasteiger partial charge is 0.254 e. The van der Waals surface area contributed by atoms with Crippen molar-refractivity contribution in [2.75, 3.05) is 19.7 Å². The number of nitrogens with one attached hydrogen (secondary N) is 1. The molecule has 2 saturated heterocycles. The average molecular weight is 354 g/mol. The second-order valence-electron chi connectivity index (χ2n) is 6.96. The van der Waals surface area contributed by atoms with Crippen molar-refractivity contribution in [3.63, 3.8) is 0 Å². The molecule has 0 aliphatic carbocycles. The van der Waals surface area contributed by atoms with Gasteiger partial charge in [0.2, 0.25) is 5.91 Å². The molecule has 1 aromatic heterocycles. The zero-order valence-electron chi connectivity index (χ0n) is 14.9. The number of hydrogen-bond acceptors (Lipinski definition) is 4. The Morgan fingerprint density at radius 2 is 1.96 bits per heavy atom. The van der Waals surface area contributed by atoms with Gasteiger partial charge < -0.3 is 15.0 Å². The number of carbonyl (C=O) groups excluding carboxylic acids is 2. The lowest BCUT2D eigenvalue weighted by molar-refractivity contribution is -0.159. The molecule has 0 saturated carbocycles. The summed E-state index contributed by atoms with van der Waals surface area (Å²) in [4.78, 5) is 26.5. The van der Waals surface area contributed by atoms with Gasteiger partial charge in [0, 0.05) is 18.8 Å². The summed E-state index contributed by atoms with van der Waals surface area (Å²) >= 11 is 0. The Hall–Kier alpha value is -2.67. The van der Waals surface area contributed by atoms with Crippen molar-refractivity contribution in [2.24, 2.45) is 0 Å². The van der Waals surface area contributed by atoms with E-state index in [1.807, 2.05) is 54.9 Å². The van der Waals surface area contributed by atoms with E-state index in [1.165, 1.54) is 0 Å². The van der Waals surface area contributed by atoms with Crippen LogP contribution in [0.5, 0.6) is 0 Å². The Balaban J connectivity index is 1.47. The van der Waals surface area contributed by atoms with Crippen LogP contribution in [-0.4, -0.2) is 52.3 Å². The Bertz CT molecular complexity index is 827. The number of hydrogen-bond donors (Lipinski definition) is 1. The van der Waals surface area contributed by atoms with E-state index in [1.54, 1.807) is 4.90 Å². The summed E-state index contributed by atoms with van der Waals surface area (Å²) in [7, 11) is 0. The van der Waals surface area contributed by atoms with Gasteiger partial charge >= 0.3 is 0 Å². The van der Waals surface area contributed by atoms with Crippen LogP contribution in [0.2, 0.25) is 0 Å². The van der Waals surface area contributed by atoms with E-state index in [0.29, 0.717) is 13.1 Å². The van der Waals surface area contributed by atoms with E-state index in [4.69, 9.17) is 4.74 Å². The normalized spacial score (nSPS) is 23.5. The number of ether oxygens (including phenoxy) is 1. The third-order valence-corrected chi connectivity index (χ3v) is 4.98. The molecule has 0 unspecified atom stereocenters. The highest BCUT2D eigenvalue weighted by Crippen LogP contribution is 2.29. The van der Waals surface area contributed by atoms with Crippen molar-refractivity contribution in [2.45, 2.75) is 32.0 Å². The van der Waals surface area contributed by atoms with Crippen molar-refractivity contribution < 1.29 is 14.3 Å². The lowest BCUT2D eigenvalue weighted by Crippen LogP contribution is -2.59. The third kappa shape index (κ3) is 2.99. The van der Waals surface area contributed by atoms with Gasteiger partial charge in [0.05, 0.1) is 17.8 Å². The molecule has 2 fully saturated rings. The molecular formula is C19H22N4O3. The molecule has 2 aliphatic rings. The number of amides is 2. The first kappa shape index (κ1) is 16.8. The lowest BCUT2D eigenvalue weighted by Gasteiger charge is -2.43. The van der Waals surface area contributed by atoms with Gasteiger partial charge in [-0.2, -0.15) is 5.10 Å². The number of benzene rings is 1. The Morgan fingerprint density at radius 1 is 1.23 bits per heavy atom. The number of likely N-dealkylation sites (tertiary alicyclic amines) is 1. The number of rotatable bonds is 3. The number of morpholine rings is 1. The van der Waals surface area contributed by atoms with Crippen molar-refractivity contribution >= 4 is 11.8 Å². The molecule has 1 aromatic carbocycles. The van der Waals surface area contributed by atoms with E-state index >= 15 is 0 Å². The highest BCUT2D eigenvalue weighted by atomic mass is 16.5. The van der Waals surface area contributed by atoms with Crippen molar-refractivity contribution in [3.8, 4) is 0 Å². The number of nitrogens with zero attached hydrogens (tertiary/aromatic N) is 3. The minimum atomic E-state index is -0.698. The molecule has 3 heterocycles. The summed E-state index contributed by atoms with van der Waals surface area (Å²) in [6, 6.07) is 11.2. The Kier molecular flexibility index (Phi) is 4.24. The lowest BCUT2D eigenvalue weighted by atomic mass is 9.97. The fourth-order valence-electron chi connectivity index (χ4n) is 3.67. The summed E-state index contributed by atoms with van der Waals surface area (Å²) in [5, 5.41) is 7.39. The first-order valence-corrected chi connectivity index (χ1v) is 8.80. The molecule has 2 aromatic rings. The van der Waals surface area contributed by atoms with Crippen LogP contribution >= 0.6 is 0 Å². The van der Waals surface area contributed by atoms with Gasteiger partial charge in [-0.05, 0) is 25.5 Å². The molecule has 2 amide bonds. The summed E-state index contributed by atoms with van der Waals surface area (Å²) in [6.07, 6.45) is -0.698. The van der Waals surface area contributed by atoms with Crippen LogP contribution in [0, 0.1) is 13.8 Å². The molecular weight excluding hydrogens is 332 g/mol. The second kappa shape index (κ2) is 6.57. The molecule has 7 heteroatoms. The van der Waals surface area contributed by atoms with Gasteiger partial charge in [0.25, 0.3) is 5.91 Å². The van der Waals surface area contributed by atoms with Crippen LogP contribution in [-0.2, 0) is 14.3 Å². The molecule has 0 spiro atoms. The van der Waals surface area contributed by atoms with Gasteiger partial charge in [0.1, 0.15) is 6.61 Å². The highest BCUT2D eigenvalue weighted by molar-refractivity contribution is 5.86. The fraction of sp³-hybridized carbons (Fsp3) is 0.421. The molecule has 26 heavy (non-hydrogen) atoms. The zero-order chi connectivity index (χ0) is 18.3. The molecule has 2 atom stereocenters. The minimum Gasteiger partial charge on any atom is -0.356 e. The minimum absolute atomic E-state index is 0.0864. The first-order valence-electron chi connectivity index (χ1n) is 8.80. The molecule has 7 nitrogen and oxygen atoms in total. The van der Waals surface area contributed by atoms with Crippen molar-refractivity contribution in [3.05, 3.63) is 53.3 Å². The number of aryl methyl sites for hydroxylation is 2. The summed E-state index contributed by atoms with van der Waals surface area (Å²) in [5.41, 5.74) is 2.95. The predicted octanol–water partition coefficient (Wildman–Crippen LogP) is 1.14. The van der Waals surface area contributed by atoms with Crippen LogP contribution in [0.4, 0.5) is 0 Å². The average Bonchev–Trinajstić information content (AvgIpc) is 2.92. The predicted molar refractivity (Wildman–Crippen MR) is 94.4 cm³/mol. The van der Waals surface area contributed by atoms with E-state index in [0.717, 1.165) is 17.0 Å². The van der Waals surface area contributed by atoms with Crippen molar-refractivity contribution in [1.82, 2.24) is 20.0 Å². The summed E-state index contributed by atoms with van der Waals surface area (Å²) in [5.74, 6) is -0.288. The van der Waals surface area contributed by atoms with Gasteiger partial charge in [-0.3, -0.25) is 14.3 Å². The van der Waals surface area contributed by atoms with E-state index in [2.05, 4.69) is 10.4 Å². The maximum atomic E-state index is 13.0. The maximum Gasteiger partial charge on any atom is 0.254 e. The largest absolute Gasteiger partial charge is 0.356 e. The summed E-state index contributed by atoms with van der Waals surface area (Å²) in [6.45, 7) is 5.12. The van der Waals surface area contributed by atoms with Gasteiger partial charge in [0.15, 0.2) is 6.10 Å². The van der Waals surface area contributed by atoms with Crippen LogP contribution in [0.15, 0.2) is 36.4 Å². The maximum absolute atomic E-state index is 13.0. The zero-order valence-corrected chi connectivity index (χ0v) is 14.9. The van der Waals surface area contributed by atoms with E-state index in [9.17, 15) is 9.59 Å². The Labute approximate surface area is 151 Å². The van der Waals surface area contributed by atoms with Crippen LogP contribution in [0.1, 0.15) is 29.0 Å². The molecule has 4 rings (SSSR count). The molecule has 136 valence electrons. The third-order valence-electron chi connectivity index (χ3n) is 4.98. The topological polar surface area (TPSA) is 76.5 Å². The molecule has 0 radical (unpaired) electrons. The first-order chi connectivity index (χ1) is 12.5. The van der Waals surface area contributed by atoms with Crippen LogP contribution in [0.3, 0.4) is 0 Å². The second-order valence-corrected chi connectivity index (χ2v) is 6.96. The van der Waals surface area contributed by atoms with Crippen LogP contribution in [0.25, 0.3) is 0 Å². The van der Waals surface area contributed by atoms with Gasteiger partial charge in [-0.15, -0.1) is 0 Å². The summed E-state index contributed by atoms with van der Waals surface area (Å²) < 4.78 is 7.60. The van der Waals surface area contributed by atoms with Gasteiger partial charge in [-0.1, -0.05) is 30.3 Å². The van der Waals surface area contributed by atoms with E-state index < -0.39 is 12.1 Å². The standard InChI is InChI=1S/C19H22N4O3/c1-12-8-13(2)23(21-12)15-9-22(10-15)19(25)18-17(20-16(24)11-26-18)14-6-4-3-5-7-14/h3-8,15,17-18H,9-11H2,1-2H3,(H,20,24)/t17-,18+/m1/s1. The van der Waals surface area contributed by atoms with Crippen molar-refractivity contribution in [1.29, 1.82) is 0 Å². The highest BCUT2D eigenvalue weighted by Gasteiger charge is 2.42. The fourth-order valence-corrected chi connectivity index (χ4v) is 3.67. The molecule has 2 aliphatic heterocycles. The SMILES string of the molecule is Cc1cc(C)n(C2CN(C(=O)[C@H]3OCC(=O)N[C@@H]3c3ccccc3)C2)n1. The van der Waals surface area contributed by atoms with E-state index in [-0.39, 0.29) is 24.5 Å². The Morgan fingerprint density at radius 3 is 2.62 bits per heavy atom.